The van der Waals surface area contributed by atoms with Gasteiger partial charge in [0, 0.05) is 23.8 Å². The van der Waals surface area contributed by atoms with E-state index in [0.29, 0.717) is 17.1 Å². The summed E-state index contributed by atoms with van der Waals surface area (Å²) in [6, 6.07) is 19.6. The minimum atomic E-state index is -3.70. The number of aromatic nitrogens is 2. The number of sulfonamides is 1. The largest absolute Gasteiger partial charge is 0.266 e. The molecular formula is C25H31N3O2S. The molecule has 0 saturated heterocycles. The highest BCUT2D eigenvalue weighted by atomic mass is 32.2. The highest BCUT2D eigenvalue weighted by molar-refractivity contribution is 7.89. The molecule has 1 fully saturated rings. The Morgan fingerprint density at radius 1 is 0.968 bits per heavy atom. The molecule has 0 unspecified atom stereocenters. The van der Waals surface area contributed by atoms with Crippen molar-refractivity contribution in [3.8, 4) is 11.3 Å². The highest BCUT2D eigenvalue weighted by Crippen LogP contribution is 2.34. The van der Waals surface area contributed by atoms with Crippen molar-refractivity contribution in [3.63, 3.8) is 0 Å². The van der Waals surface area contributed by atoms with Crippen LogP contribution in [0.2, 0.25) is 0 Å². The van der Waals surface area contributed by atoms with E-state index in [-0.39, 0.29) is 12.1 Å². The maximum atomic E-state index is 14.0. The quantitative estimate of drug-likeness (QED) is 0.502. The smallest absolute Gasteiger partial charge is 0.247 e. The minimum absolute atomic E-state index is 0.0554. The fourth-order valence-electron chi connectivity index (χ4n) is 4.58. The molecule has 1 saturated carbocycles. The SMILES string of the molecule is CC(C)N(C1CCCCC1)S(=O)(=O)c1cn(Cc2ccccc2)nc1-c1ccccc1. The number of rotatable bonds is 7. The van der Waals surface area contributed by atoms with Crippen LogP contribution in [0.5, 0.6) is 0 Å². The molecule has 0 bridgehead atoms. The molecule has 0 radical (unpaired) electrons. The molecular weight excluding hydrogens is 406 g/mol. The van der Waals surface area contributed by atoms with E-state index in [4.69, 9.17) is 5.10 Å². The predicted octanol–water partition coefficient (Wildman–Crippen LogP) is 5.33. The molecule has 2 aromatic carbocycles. The molecule has 1 aromatic heterocycles. The van der Waals surface area contributed by atoms with Crippen LogP contribution >= 0.6 is 0 Å². The first kappa shape index (κ1) is 21.8. The topological polar surface area (TPSA) is 55.2 Å². The Morgan fingerprint density at radius 2 is 1.58 bits per heavy atom. The summed E-state index contributed by atoms with van der Waals surface area (Å²) in [5.41, 5.74) is 2.43. The van der Waals surface area contributed by atoms with E-state index >= 15 is 0 Å². The molecule has 0 amide bonds. The fourth-order valence-corrected chi connectivity index (χ4v) is 6.63. The zero-order valence-corrected chi connectivity index (χ0v) is 19.1. The first-order chi connectivity index (χ1) is 15.0. The Labute approximate surface area is 185 Å². The zero-order valence-electron chi connectivity index (χ0n) is 18.3. The van der Waals surface area contributed by atoms with Gasteiger partial charge in [0.1, 0.15) is 10.6 Å². The van der Waals surface area contributed by atoms with Gasteiger partial charge in [0.05, 0.1) is 6.54 Å². The van der Waals surface area contributed by atoms with E-state index in [0.717, 1.165) is 36.8 Å². The molecule has 0 N–H and O–H groups in total. The molecule has 164 valence electrons. The van der Waals surface area contributed by atoms with Gasteiger partial charge >= 0.3 is 0 Å². The summed E-state index contributed by atoms with van der Waals surface area (Å²) in [5, 5.41) is 4.74. The van der Waals surface area contributed by atoms with Gasteiger partial charge in [0.2, 0.25) is 10.0 Å². The summed E-state index contributed by atoms with van der Waals surface area (Å²) in [7, 11) is -3.70. The molecule has 0 atom stereocenters. The third-order valence-corrected chi connectivity index (χ3v) is 8.09. The summed E-state index contributed by atoms with van der Waals surface area (Å²) in [6.45, 7) is 4.48. The lowest BCUT2D eigenvalue weighted by Crippen LogP contribution is -2.45. The number of benzene rings is 2. The van der Waals surface area contributed by atoms with Crippen LogP contribution in [0.1, 0.15) is 51.5 Å². The van der Waals surface area contributed by atoms with Gasteiger partial charge in [-0.3, -0.25) is 4.68 Å². The van der Waals surface area contributed by atoms with E-state index in [2.05, 4.69) is 0 Å². The third-order valence-electron chi connectivity index (χ3n) is 5.96. The predicted molar refractivity (Wildman–Crippen MR) is 124 cm³/mol. The van der Waals surface area contributed by atoms with E-state index < -0.39 is 10.0 Å². The fraction of sp³-hybridized carbons (Fsp3) is 0.400. The average Bonchev–Trinajstić information content (AvgIpc) is 3.20. The van der Waals surface area contributed by atoms with Crippen LogP contribution < -0.4 is 0 Å². The lowest BCUT2D eigenvalue weighted by atomic mass is 9.95. The lowest BCUT2D eigenvalue weighted by molar-refractivity contribution is 0.220. The minimum Gasteiger partial charge on any atom is -0.266 e. The molecule has 31 heavy (non-hydrogen) atoms. The van der Waals surface area contributed by atoms with Crippen molar-refractivity contribution in [3.05, 3.63) is 72.4 Å². The molecule has 0 aliphatic heterocycles. The highest BCUT2D eigenvalue weighted by Gasteiger charge is 2.37. The van der Waals surface area contributed by atoms with Crippen LogP contribution in [0.4, 0.5) is 0 Å². The number of nitrogens with zero attached hydrogens (tertiary/aromatic N) is 3. The molecule has 5 nitrogen and oxygen atoms in total. The lowest BCUT2D eigenvalue weighted by Gasteiger charge is -2.36. The van der Waals surface area contributed by atoms with E-state index in [1.54, 1.807) is 15.2 Å². The van der Waals surface area contributed by atoms with Crippen molar-refractivity contribution in [2.75, 3.05) is 0 Å². The Balaban J connectivity index is 1.79. The Bertz CT molecular complexity index is 1090. The van der Waals surface area contributed by atoms with Crippen LogP contribution in [0.15, 0.2) is 71.8 Å². The maximum absolute atomic E-state index is 14.0. The van der Waals surface area contributed by atoms with Crippen molar-refractivity contribution in [2.45, 2.75) is 69.5 Å². The average molecular weight is 438 g/mol. The van der Waals surface area contributed by atoms with Crippen molar-refractivity contribution in [2.24, 2.45) is 0 Å². The van der Waals surface area contributed by atoms with Gasteiger partial charge in [-0.15, -0.1) is 0 Å². The second kappa shape index (κ2) is 9.37. The van der Waals surface area contributed by atoms with E-state index in [9.17, 15) is 8.42 Å². The Kier molecular flexibility index (Phi) is 6.58. The van der Waals surface area contributed by atoms with Gasteiger partial charge in [-0.2, -0.15) is 9.40 Å². The van der Waals surface area contributed by atoms with Crippen molar-refractivity contribution in [1.29, 1.82) is 0 Å². The standard InChI is InChI=1S/C25H31N3O2S/c1-20(2)28(23-16-10-5-11-17-23)31(29,30)24-19-27(18-21-12-6-3-7-13-21)26-25(24)22-14-8-4-9-15-22/h3-4,6-9,12-15,19-20,23H,5,10-11,16-18H2,1-2H3. The van der Waals surface area contributed by atoms with Crippen LogP contribution in [-0.2, 0) is 16.6 Å². The molecule has 1 heterocycles. The van der Waals surface area contributed by atoms with Gasteiger partial charge in [0.25, 0.3) is 0 Å². The zero-order chi connectivity index (χ0) is 21.8. The Hall–Kier alpha value is -2.44. The molecule has 0 spiro atoms. The monoisotopic (exact) mass is 437 g/mol. The van der Waals surface area contributed by atoms with Gasteiger partial charge in [0.15, 0.2) is 0 Å². The Morgan fingerprint density at radius 3 is 2.19 bits per heavy atom. The summed E-state index contributed by atoms with van der Waals surface area (Å²) in [6.07, 6.45) is 6.92. The van der Waals surface area contributed by atoms with Crippen LogP contribution in [-0.4, -0.2) is 34.6 Å². The number of hydrogen-bond donors (Lipinski definition) is 0. The first-order valence-electron chi connectivity index (χ1n) is 11.2. The summed E-state index contributed by atoms with van der Waals surface area (Å²) < 4.78 is 31.5. The molecule has 3 aromatic rings. The van der Waals surface area contributed by atoms with E-state index in [1.165, 1.54) is 6.42 Å². The summed E-state index contributed by atoms with van der Waals surface area (Å²) in [5.74, 6) is 0. The van der Waals surface area contributed by atoms with E-state index in [1.807, 2.05) is 74.5 Å². The third kappa shape index (κ3) is 4.75. The second-order valence-corrected chi connectivity index (χ2v) is 10.4. The van der Waals surface area contributed by atoms with Gasteiger partial charge in [-0.1, -0.05) is 79.9 Å². The normalized spacial score (nSPS) is 15.6. The second-order valence-electron chi connectivity index (χ2n) is 8.61. The van der Waals surface area contributed by atoms with Gasteiger partial charge in [-0.25, -0.2) is 8.42 Å². The van der Waals surface area contributed by atoms with Crippen molar-refractivity contribution in [1.82, 2.24) is 14.1 Å². The molecule has 6 heteroatoms. The molecule has 1 aliphatic rings. The van der Waals surface area contributed by atoms with Gasteiger partial charge < -0.3 is 0 Å². The van der Waals surface area contributed by atoms with Gasteiger partial charge in [-0.05, 0) is 32.3 Å². The maximum Gasteiger partial charge on any atom is 0.247 e. The van der Waals surface area contributed by atoms with Crippen LogP contribution in [0, 0.1) is 0 Å². The summed E-state index contributed by atoms with van der Waals surface area (Å²) in [4.78, 5) is 0.300. The molecule has 4 rings (SSSR count). The van der Waals surface area contributed by atoms with Crippen LogP contribution in [0.25, 0.3) is 11.3 Å². The summed E-state index contributed by atoms with van der Waals surface area (Å²) >= 11 is 0. The molecule has 1 aliphatic carbocycles. The van der Waals surface area contributed by atoms with Crippen molar-refractivity contribution >= 4 is 10.0 Å². The first-order valence-corrected chi connectivity index (χ1v) is 12.6. The number of hydrogen-bond acceptors (Lipinski definition) is 3. The van der Waals surface area contributed by atoms with Crippen LogP contribution in [0.3, 0.4) is 0 Å². The van der Waals surface area contributed by atoms with Crippen molar-refractivity contribution < 1.29 is 8.42 Å².